The molecule has 1 rings (SSSR count). The number of hydrogen-bond acceptors (Lipinski definition) is 4. The summed E-state index contributed by atoms with van der Waals surface area (Å²) >= 11 is 0. The molecule has 0 heterocycles. The summed E-state index contributed by atoms with van der Waals surface area (Å²) in [5, 5.41) is 6.18. The molecule has 1 unspecified atom stereocenters. The van der Waals surface area contributed by atoms with Gasteiger partial charge in [0.2, 0.25) is 0 Å². The largest absolute Gasteiger partial charge is 0.489 e. The summed E-state index contributed by atoms with van der Waals surface area (Å²) < 4.78 is 40.7. The zero-order chi connectivity index (χ0) is 18.0. The Kier molecular flexibility index (Phi) is 8.53. The van der Waals surface area contributed by atoms with Crippen molar-refractivity contribution in [3.8, 4) is 5.75 Å². The van der Waals surface area contributed by atoms with E-state index in [9.17, 15) is 12.8 Å². The van der Waals surface area contributed by atoms with Crippen LogP contribution in [0.3, 0.4) is 0 Å². The van der Waals surface area contributed by atoms with Gasteiger partial charge in [0.15, 0.2) is 5.96 Å². The van der Waals surface area contributed by atoms with Gasteiger partial charge in [-0.2, -0.15) is 0 Å². The smallest absolute Gasteiger partial charge is 0.191 e. The quantitative estimate of drug-likeness (QED) is 0.398. The summed E-state index contributed by atoms with van der Waals surface area (Å²) in [6.45, 7) is 5.46. The lowest BCUT2D eigenvalue weighted by Crippen LogP contribution is -2.39. The Balaban J connectivity index is 2.44. The Labute approximate surface area is 143 Å². The van der Waals surface area contributed by atoms with E-state index in [1.807, 2.05) is 13.8 Å². The average molecular weight is 359 g/mol. The highest BCUT2D eigenvalue weighted by atomic mass is 32.2. The second kappa shape index (κ2) is 10.1. The Morgan fingerprint density at radius 1 is 1.29 bits per heavy atom. The maximum Gasteiger partial charge on any atom is 0.191 e. The van der Waals surface area contributed by atoms with Crippen LogP contribution in [0.15, 0.2) is 29.3 Å². The summed E-state index contributed by atoms with van der Waals surface area (Å²) in [4.78, 5) is 4.41. The van der Waals surface area contributed by atoms with Crippen molar-refractivity contribution in [2.75, 3.05) is 31.6 Å². The van der Waals surface area contributed by atoms with E-state index >= 15 is 0 Å². The van der Waals surface area contributed by atoms with Crippen molar-refractivity contribution in [1.29, 1.82) is 0 Å². The predicted molar refractivity (Wildman–Crippen MR) is 94.8 cm³/mol. The third kappa shape index (κ3) is 9.34. The fourth-order valence-corrected chi connectivity index (χ4v) is 2.55. The van der Waals surface area contributed by atoms with E-state index < -0.39 is 9.84 Å². The molecule has 6 nitrogen and oxygen atoms in total. The molecule has 1 aromatic carbocycles. The molecule has 0 aliphatic heterocycles. The topological polar surface area (TPSA) is 79.8 Å². The lowest BCUT2D eigenvalue weighted by atomic mass is 10.3. The zero-order valence-corrected chi connectivity index (χ0v) is 15.2. The number of hydrogen-bond donors (Lipinski definition) is 2. The number of rotatable bonds is 9. The SMILES string of the molecule is CCNC(=NCC(C)Oc1ccc(F)cc1)NCCCS(C)(=O)=O. The van der Waals surface area contributed by atoms with Gasteiger partial charge in [-0.15, -0.1) is 0 Å². The van der Waals surface area contributed by atoms with Crippen LogP contribution in [0.2, 0.25) is 0 Å². The van der Waals surface area contributed by atoms with Crippen LogP contribution in [0.25, 0.3) is 0 Å². The van der Waals surface area contributed by atoms with Crippen molar-refractivity contribution in [2.45, 2.75) is 26.4 Å². The van der Waals surface area contributed by atoms with Gasteiger partial charge in [0.25, 0.3) is 0 Å². The average Bonchev–Trinajstić information content (AvgIpc) is 2.50. The molecule has 0 aliphatic rings. The Morgan fingerprint density at radius 2 is 1.96 bits per heavy atom. The highest BCUT2D eigenvalue weighted by molar-refractivity contribution is 7.90. The minimum atomic E-state index is -2.94. The molecule has 0 fully saturated rings. The number of nitrogens with zero attached hydrogens (tertiary/aromatic N) is 1. The van der Waals surface area contributed by atoms with E-state index in [0.717, 1.165) is 0 Å². The van der Waals surface area contributed by atoms with E-state index in [4.69, 9.17) is 4.74 Å². The minimum absolute atomic E-state index is 0.142. The second-order valence-electron chi connectivity index (χ2n) is 5.51. The third-order valence-corrected chi connectivity index (χ3v) is 4.02. The summed E-state index contributed by atoms with van der Waals surface area (Å²) in [6.07, 6.45) is 1.56. The van der Waals surface area contributed by atoms with Crippen molar-refractivity contribution in [1.82, 2.24) is 10.6 Å². The van der Waals surface area contributed by atoms with Crippen LogP contribution in [-0.4, -0.2) is 52.1 Å². The predicted octanol–water partition coefficient (Wildman–Crippen LogP) is 1.58. The van der Waals surface area contributed by atoms with Crippen molar-refractivity contribution in [3.05, 3.63) is 30.1 Å². The number of benzene rings is 1. The van der Waals surface area contributed by atoms with Crippen LogP contribution >= 0.6 is 0 Å². The number of nitrogens with one attached hydrogen (secondary N) is 2. The molecular formula is C16H26FN3O3S. The van der Waals surface area contributed by atoms with Crippen LogP contribution in [0.4, 0.5) is 4.39 Å². The highest BCUT2D eigenvalue weighted by Gasteiger charge is 2.06. The van der Waals surface area contributed by atoms with E-state index in [0.29, 0.717) is 37.8 Å². The summed E-state index contributed by atoms with van der Waals surface area (Å²) in [7, 11) is -2.94. The van der Waals surface area contributed by atoms with Gasteiger partial charge in [-0.3, -0.25) is 0 Å². The van der Waals surface area contributed by atoms with E-state index in [-0.39, 0.29) is 17.7 Å². The molecule has 0 spiro atoms. The highest BCUT2D eigenvalue weighted by Crippen LogP contribution is 2.12. The zero-order valence-electron chi connectivity index (χ0n) is 14.4. The molecule has 0 aromatic heterocycles. The van der Waals surface area contributed by atoms with E-state index in [1.54, 1.807) is 12.1 Å². The molecule has 0 saturated heterocycles. The first kappa shape index (κ1) is 20.2. The molecule has 1 atom stereocenters. The van der Waals surface area contributed by atoms with Crippen molar-refractivity contribution >= 4 is 15.8 Å². The number of sulfone groups is 1. The second-order valence-corrected chi connectivity index (χ2v) is 7.77. The minimum Gasteiger partial charge on any atom is -0.489 e. The number of ether oxygens (including phenoxy) is 1. The molecule has 0 aliphatic carbocycles. The van der Waals surface area contributed by atoms with Crippen molar-refractivity contribution in [3.63, 3.8) is 0 Å². The normalized spacial score (nSPS) is 13.4. The van der Waals surface area contributed by atoms with Gasteiger partial charge in [-0.1, -0.05) is 0 Å². The Morgan fingerprint density at radius 3 is 2.54 bits per heavy atom. The van der Waals surface area contributed by atoms with Gasteiger partial charge in [-0.05, 0) is 44.5 Å². The molecule has 0 bridgehead atoms. The standard InChI is InChI=1S/C16H26FN3O3S/c1-4-18-16(19-10-5-11-24(3,21)22)20-12-13(2)23-15-8-6-14(17)7-9-15/h6-9,13H,4-5,10-12H2,1-3H3,(H2,18,19,20). The van der Waals surface area contributed by atoms with Gasteiger partial charge in [-0.25, -0.2) is 17.8 Å². The molecule has 0 radical (unpaired) electrons. The van der Waals surface area contributed by atoms with Crippen LogP contribution in [0, 0.1) is 5.82 Å². The molecular weight excluding hydrogens is 333 g/mol. The van der Waals surface area contributed by atoms with Crippen LogP contribution in [0.5, 0.6) is 5.75 Å². The Hall–Kier alpha value is -1.83. The lowest BCUT2D eigenvalue weighted by Gasteiger charge is -2.15. The van der Waals surface area contributed by atoms with Crippen LogP contribution in [0.1, 0.15) is 20.3 Å². The Bertz CT molecular complexity index is 618. The molecule has 1 aromatic rings. The molecule has 0 saturated carbocycles. The first-order valence-corrected chi connectivity index (χ1v) is 9.98. The number of aliphatic imine (C=N–C) groups is 1. The lowest BCUT2D eigenvalue weighted by molar-refractivity contribution is 0.230. The molecule has 136 valence electrons. The van der Waals surface area contributed by atoms with Gasteiger partial charge in [0.05, 0.1) is 12.3 Å². The van der Waals surface area contributed by atoms with E-state index in [2.05, 4.69) is 15.6 Å². The fourth-order valence-electron chi connectivity index (χ4n) is 1.89. The first-order valence-electron chi connectivity index (χ1n) is 7.92. The summed E-state index contributed by atoms with van der Waals surface area (Å²) in [5.74, 6) is 1.04. The maximum atomic E-state index is 12.9. The molecule has 8 heteroatoms. The monoisotopic (exact) mass is 359 g/mol. The first-order chi connectivity index (χ1) is 11.3. The number of guanidine groups is 1. The van der Waals surface area contributed by atoms with Crippen LogP contribution < -0.4 is 15.4 Å². The van der Waals surface area contributed by atoms with Gasteiger partial charge in [0.1, 0.15) is 27.5 Å². The number of halogens is 1. The van der Waals surface area contributed by atoms with Crippen molar-refractivity contribution < 1.29 is 17.5 Å². The maximum absolute atomic E-state index is 12.9. The van der Waals surface area contributed by atoms with Crippen LogP contribution in [-0.2, 0) is 9.84 Å². The van der Waals surface area contributed by atoms with Gasteiger partial charge in [0, 0.05) is 19.3 Å². The molecule has 0 amide bonds. The molecule has 24 heavy (non-hydrogen) atoms. The third-order valence-electron chi connectivity index (χ3n) is 2.99. The summed E-state index contributed by atoms with van der Waals surface area (Å²) in [5.41, 5.74) is 0. The molecule has 2 N–H and O–H groups in total. The van der Waals surface area contributed by atoms with E-state index in [1.165, 1.54) is 18.4 Å². The summed E-state index contributed by atoms with van der Waals surface area (Å²) in [6, 6.07) is 5.84. The van der Waals surface area contributed by atoms with Crippen molar-refractivity contribution in [2.24, 2.45) is 4.99 Å². The van der Waals surface area contributed by atoms with Gasteiger partial charge >= 0.3 is 0 Å². The fraction of sp³-hybridized carbons (Fsp3) is 0.562. The van der Waals surface area contributed by atoms with Gasteiger partial charge < -0.3 is 15.4 Å².